The highest BCUT2D eigenvalue weighted by atomic mass is 16.5. The van der Waals surface area contributed by atoms with Crippen molar-refractivity contribution in [1.82, 2.24) is 4.90 Å². The van der Waals surface area contributed by atoms with Gasteiger partial charge in [0.15, 0.2) is 0 Å². The van der Waals surface area contributed by atoms with Crippen LogP contribution in [0.4, 0.5) is 0 Å². The molecule has 0 aromatic heterocycles. The van der Waals surface area contributed by atoms with Gasteiger partial charge in [0.05, 0.1) is 7.11 Å². The summed E-state index contributed by atoms with van der Waals surface area (Å²) in [5.74, 6) is -1.35. The summed E-state index contributed by atoms with van der Waals surface area (Å²) >= 11 is 0. The molecule has 0 unspecified atom stereocenters. The van der Waals surface area contributed by atoms with Gasteiger partial charge < -0.3 is 9.64 Å². The van der Waals surface area contributed by atoms with E-state index < -0.39 is 11.9 Å². The molecule has 0 atom stereocenters. The lowest BCUT2D eigenvalue weighted by atomic mass is 10.00. The van der Waals surface area contributed by atoms with Crippen molar-refractivity contribution in [3.8, 4) is 0 Å². The summed E-state index contributed by atoms with van der Waals surface area (Å²) in [7, 11) is 1.22. The van der Waals surface area contributed by atoms with E-state index in [1.165, 1.54) is 17.6 Å². The van der Waals surface area contributed by atoms with Gasteiger partial charge in [-0.3, -0.25) is 4.79 Å². The Morgan fingerprint density at radius 2 is 1.94 bits per heavy atom. The van der Waals surface area contributed by atoms with Gasteiger partial charge in [0.2, 0.25) is 0 Å². The smallest absolute Gasteiger partial charge is 0.396 e. The maximum atomic E-state index is 11.6. The molecule has 0 fully saturated rings. The Bertz CT molecular complexity index is 428. The first-order valence-electron chi connectivity index (χ1n) is 5.16. The van der Waals surface area contributed by atoms with Crippen LogP contribution in [-0.2, 0) is 27.3 Å². The van der Waals surface area contributed by atoms with Crippen molar-refractivity contribution in [2.75, 3.05) is 13.7 Å². The summed E-state index contributed by atoms with van der Waals surface area (Å²) in [6, 6.07) is 7.95. The summed E-state index contributed by atoms with van der Waals surface area (Å²) in [6.07, 6.45) is 0.791. The second kappa shape index (κ2) is 4.35. The van der Waals surface area contributed by atoms with Gasteiger partial charge in [-0.1, -0.05) is 24.3 Å². The van der Waals surface area contributed by atoms with Crippen LogP contribution < -0.4 is 0 Å². The molecule has 1 amide bonds. The molecule has 0 aliphatic carbocycles. The molecule has 4 heteroatoms. The molecule has 0 spiro atoms. The molecule has 0 N–H and O–H groups in total. The zero-order chi connectivity index (χ0) is 11.5. The minimum Gasteiger partial charge on any atom is -0.462 e. The fraction of sp³-hybridized carbons (Fsp3) is 0.333. The van der Waals surface area contributed by atoms with Gasteiger partial charge in [0.1, 0.15) is 0 Å². The number of nitrogens with zero attached hydrogens (tertiary/aromatic N) is 1. The number of rotatable bonds is 0. The van der Waals surface area contributed by atoms with Crippen molar-refractivity contribution in [2.45, 2.75) is 13.0 Å². The van der Waals surface area contributed by atoms with E-state index in [1.54, 1.807) is 0 Å². The van der Waals surface area contributed by atoms with Gasteiger partial charge in [-0.15, -0.1) is 0 Å². The molecule has 16 heavy (non-hydrogen) atoms. The van der Waals surface area contributed by atoms with Crippen molar-refractivity contribution in [2.24, 2.45) is 0 Å². The maximum absolute atomic E-state index is 11.6. The molecule has 1 aromatic rings. The summed E-state index contributed by atoms with van der Waals surface area (Å²) in [5, 5.41) is 0. The average Bonchev–Trinajstić information content (AvgIpc) is 2.36. The molecule has 84 valence electrons. The van der Waals surface area contributed by atoms with E-state index in [0.717, 1.165) is 12.0 Å². The highest BCUT2D eigenvalue weighted by Crippen LogP contribution is 2.18. The number of esters is 1. The van der Waals surface area contributed by atoms with E-state index >= 15 is 0 Å². The minimum absolute atomic E-state index is 0.490. The molecule has 1 aliphatic rings. The molecule has 2 rings (SSSR count). The van der Waals surface area contributed by atoms with Gasteiger partial charge in [-0.25, -0.2) is 4.79 Å². The first kappa shape index (κ1) is 10.7. The molecular weight excluding hydrogens is 206 g/mol. The third kappa shape index (κ3) is 1.91. The van der Waals surface area contributed by atoms with Gasteiger partial charge >= 0.3 is 11.9 Å². The van der Waals surface area contributed by atoms with Crippen LogP contribution in [-0.4, -0.2) is 30.4 Å². The zero-order valence-electron chi connectivity index (χ0n) is 9.10. The van der Waals surface area contributed by atoms with E-state index in [4.69, 9.17) is 0 Å². The molecule has 1 aromatic carbocycles. The number of benzene rings is 1. The number of methoxy groups -OCH3 is 1. The highest BCUT2D eigenvalue weighted by molar-refractivity contribution is 6.32. The van der Waals surface area contributed by atoms with E-state index in [1.807, 2.05) is 18.2 Å². The van der Waals surface area contributed by atoms with Crippen molar-refractivity contribution in [3.05, 3.63) is 35.4 Å². The van der Waals surface area contributed by atoms with Crippen LogP contribution in [0, 0.1) is 0 Å². The normalized spacial score (nSPS) is 14.2. The maximum Gasteiger partial charge on any atom is 0.396 e. The molecule has 4 nitrogen and oxygen atoms in total. The number of hydrogen-bond donors (Lipinski definition) is 0. The lowest BCUT2D eigenvalue weighted by Crippen LogP contribution is -2.40. The third-order valence-corrected chi connectivity index (χ3v) is 2.78. The van der Waals surface area contributed by atoms with Crippen molar-refractivity contribution in [1.29, 1.82) is 0 Å². The Hall–Kier alpha value is -1.84. The predicted molar refractivity (Wildman–Crippen MR) is 57.6 cm³/mol. The van der Waals surface area contributed by atoms with Crippen LogP contribution in [0.2, 0.25) is 0 Å². The monoisotopic (exact) mass is 219 g/mol. The summed E-state index contributed by atoms with van der Waals surface area (Å²) < 4.78 is 4.42. The molecule has 0 bridgehead atoms. The van der Waals surface area contributed by atoms with Crippen molar-refractivity contribution < 1.29 is 14.3 Å². The van der Waals surface area contributed by atoms with Gasteiger partial charge in [0.25, 0.3) is 0 Å². The standard InChI is InChI=1S/C12H13NO3/c1-16-12(15)11(14)13-7-6-9-4-2-3-5-10(9)8-13/h2-5H,6-8H2,1H3. The fourth-order valence-corrected chi connectivity index (χ4v) is 1.89. The number of carbonyl (C=O) groups is 2. The number of fused-ring (bicyclic) bond motifs is 1. The Kier molecular flexibility index (Phi) is 2.90. The summed E-state index contributed by atoms with van der Waals surface area (Å²) in [4.78, 5) is 24.2. The number of carbonyl (C=O) groups excluding carboxylic acids is 2. The van der Waals surface area contributed by atoms with Crippen LogP contribution >= 0.6 is 0 Å². The molecule has 1 heterocycles. The Morgan fingerprint density at radius 3 is 2.62 bits per heavy atom. The molecule has 0 saturated heterocycles. The van der Waals surface area contributed by atoms with Crippen LogP contribution in [0.5, 0.6) is 0 Å². The molecule has 0 radical (unpaired) electrons. The van der Waals surface area contributed by atoms with Crippen LogP contribution in [0.1, 0.15) is 11.1 Å². The number of amides is 1. The SMILES string of the molecule is COC(=O)C(=O)N1CCc2ccccc2C1. The molecule has 1 aliphatic heterocycles. The lowest BCUT2D eigenvalue weighted by molar-refractivity contribution is -0.158. The summed E-state index contributed by atoms with van der Waals surface area (Å²) in [6.45, 7) is 1.06. The lowest BCUT2D eigenvalue weighted by Gasteiger charge is -2.27. The molecule has 0 saturated carbocycles. The minimum atomic E-state index is -0.792. The van der Waals surface area contributed by atoms with Crippen molar-refractivity contribution >= 4 is 11.9 Å². The van der Waals surface area contributed by atoms with E-state index in [2.05, 4.69) is 10.8 Å². The zero-order valence-corrected chi connectivity index (χ0v) is 9.10. The number of ether oxygens (including phenoxy) is 1. The second-order valence-corrected chi connectivity index (χ2v) is 3.74. The topological polar surface area (TPSA) is 46.6 Å². The summed E-state index contributed by atoms with van der Waals surface area (Å²) in [5.41, 5.74) is 2.35. The third-order valence-electron chi connectivity index (χ3n) is 2.78. The van der Waals surface area contributed by atoms with E-state index in [-0.39, 0.29) is 0 Å². The highest BCUT2D eigenvalue weighted by Gasteiger charge is 2.25. The average molecular weight is 219 g/mol. The fourth-order valence-electron chi connectivity index (χ4n) is 1.89. The van der Waals surface area contributed by atoms with Gasteiger partial charge in [0, 0.05) is 13.1 Å². The first-order valence-corrected chi connectivity index (χ1v) is 5.16. The van der Waals surface area contributed by atoms with Crippen molar-refractivity contribution in [3.63, 3.8) is 0 Å². The molecular formula is C12H13NO3. The number of hydrogen-bond acceptors (Lipinski definition) is 3. The Morgan fingerprint density at radius 1 is 1.25 bits per heavy atom. The first-order chi connectivity index (χ1) is 7.72. The van der Waals surface area contributed by atoms with Crippen LogP contribution in [0.25, 0.3) is 0 Å². The Labute approximate surface area is 93.8 Å². The predicted octanol–water partition coefficient (Wildman–Crippen LogP) is 0.744. The second-order valence-electron chi connectivity index (χ2n) is 3.74. The Balaban J connectivity index is 2.14. The van der Waals surface area contributed by atoms with E-state index in [0.29, 0.717) is 13.1 Å². The van der Waals surface area contributed by atoms with Crippen LogP contribution in [0.15, 0.2) is 24.3 Å². The van der Waals surface area contributed by atoms with Crippen LogP contribution in [0.3, 0.4) is 0 Å². The van der Waals surface area contributed by atoms with Gasteiger partial charge in [-0.2, -0.15) is 0 Å². The van der Waals surface area contributed by atoms with E-state index in [9.17, 15) is 9.59 Å². The quantitative estimate of drug-likeness (QED) is 0.477. The largest absolute Gasteiger partial charge is 0.462 e. The van der Waals surface area contributed by atoms with Gasteiger partial charge in [-0.05, 0) is 17.5 Å².